The van der Waals surface area contributed by atoms with Crippen molar-refractivity contribution < 1.29 is 27.5 Å². The van der Waals surface area contributed by atoms with E-state index in [-0.39, 0.29) is 36.1 Å². The number of carbonyl (C=O) groups is 2. The van der Waals surface area contributed by atoms with Crippen LogP contribution in [0.15, 0.2) is 23.1 Å². The fraction of sp³-hybridized carbons (Fsp3) is 0.619. The first-order valence-electron chi connectivity index (χ1n) is 10.5. The molecule has 0 aromatic heterocycles. The Hall–Kier alpha value is -1.97. The largest absolute Gasteiger partial charge is 0.452 e. The first-order chi connectivity index (χ1) is 14.4. The number of hydrogen-bond acceptors (Lipinski definition) is 6. The van der Waals surface area contributed by atoms with Gasteiger partial charge in [0, 0.05) is 19.6 Å². The molecule has 2 fully saturated rings. The second-order valence-electron chi connectivity index (χ2n) is 7.88. The number of esters is 1. The lowest BCUT2D eigenvalue weighted by molar-refractivity contribution is -0.124. The zero-order valence-corrected chi connectivity index (χ0v) is 18.2. The molecule has 3 rings (SSSR count). The van der Waals surface area contributed by atoms with Crippen LogP contribution in [0.5, 0.6) is 0 Å². The summed E-state index contributed by atoms with van der Waals surface area (Å²) in [5.41, 5.74) is 0.730. The summed E-state index contributed by atoms with van der Waals surface area (Å²) in [6.45, 7) is 3.15. The minimum absolute atomic E-state index is 0.0312. The van der Waals surface area contributed by atoms with Gasteiger partial charge in [-0.2, -0.15) is 4.31 Å². The summed E-state index contributed by atoms with van der Waals surface area (Å²) in [5.74, 6) is -0.564. The maximum Gasteiger partial charge on any atom is 0.338 e. The second-order valence-corrected chi connectivity index (χ2v) is 9.82. The molecule has 1 N–H and O–H groups in total. The van der Waals surface area contributed by atoms with Gasteiger partial charge in [-0.3, -0.25) is 4.79 Å². The minimum Gasteiger partial charge on any atom is -0.452 e. The van der Waals surface area contributed by atoms with Crippen molar-refractivity contribution in [3.8, 4) is 0 Å². The molecule has 0 spiro atoms. The van der Waals surface area contributed by atoms with Gasteiger partial charge in [-0.25, -0.2) is 13.2 Å². The Balaban J connectivity index is 1.58. The van der Waals surface area contributed by atoms with E-state index >= 15 is 0 Å². The van der Waals surface area contributed by atoms with E-state index in [1.165, 1.54) is 35.7 Å². The summed E-state index contributed by atoms with van der Waals surface area (Å²) in [4.78, 5) is 24.6. The smallest absolute Gasteiger partial charge is 0.338 e. The zero-order chi connectivity index (χ0) is 21.6. The van der Waals surface area contributed by atoms with E-state index in [4.69, 9.17) is 9.47 Å². The van der Waals surface area contributed by atoms with Gasteiger partial charge in [-0.05, 0) is 43.4 Å². The molecule has 1 saturated heterocycles. The highest BCUT2D eigenvalue weighted by Crippen LogP contribution is 2.23. The second kappa shape index (κ2) is 10.4. The molecule has 0 bridgehead atoms. The molecule has 1 aromatic rings. The molecular weight excluding hydrogens is 408 g/mol. The van der Waals surface area contributed by atoms with Gasteiger partial charge in [0.25, 0.3) is 5.91 Å². The van der Waals surface area contributed by atoms with Crippen molar-refractivity contribution in [3.05, 3.63) is 29.3 Å². The Morgan fingerprint density at radius 1 is 1.17 bits per heavy atom. The molecule has 1 heterocycles. The number of ether oxygens (including phenoxy) is 2. The van der Waals surface area contributed by atoms with Crippen LogP contribution >= 0.6 is 0 Å². The van der Waals surface area contributed by atoms with Crippen molar-refractivity contribution >= 4 is 21.9 Å². The van der Waals surface area contributed by atoms with E-state index < -0.39 is 16.0 Å². The number of nitrogens with zero attached hydrogens (tertiary/aromatic N) is 1. The molecule has 9 heteroatoms. The number of amides is 1. The molecule has 1 amide bonds. The molecule has 30 heavy (non-hydrogen) atoms. The van der Waals surface area contributed by atoms with Crippen LogP contribution in [0, 0.1) is 12.8 Å². The lowest BCUT2D eigenvalue weighted by atomic mass is 9.89. The highest BCUT2D eigenvalue weighted by molar-refractivity contribution is 7.89. The predicted octanol–water partition coefficient (Wildman–Crippen LogP) is 1.87. The average molecular weight is 439 g/mol. The summed E-state index contributed by atoms with van der Waals surface area (Å²) < 4.78 is 37.4. The van der Waals surface area contributed by atoms with Crippen LogP contribution in [-0.4, -0.2) is 64.1 Å². The Morgan fingerprint density at radius 2 is 1.87 bits per heavy atom. The predicted molar refractivity (Wildman–Crippen MR) is 111 cm³/mol. The molecule has 1 aromatic carbocycles. The molecule has 0 unspecified atom stereocenters. The maximum atomic E-state index is 12.8. The molecular formula is C21H30N2O6S. The Bertz CT molecular complexity index is 858. The summed E-state index contributed by atoms with van der Waals surface area (Å²) in [5, 5.41) is 2.82. The SMILES string of the molecule is Cc1ccc(S(=O)(=O)N2CCOCC2)cc1C(=O)OCC(=O)NCC1CCCCC1. The molecule has 1 aliphatic carbocycles. The van der Waals surface area contributed by atoms with Gasteiger partial charge in [0.1, 0.15) is 0 Å². The average Bonchev–Trinajstić information content (AvgIpc) is 2.77. The maximum absolute atomic E-state index is 12.8. The molecule has 8 nitrogen and oxygen atoms in total. The van der Waals surface area contributed by atoms with E-state index in [2.05, 4.69) is 5.32 Å². The van der Waals surface area contributed by atoms with E-state index in [0.29, 0.717) is 31.2 Å². The fourth-order valence-electron chi connectivity index (χ4n) is 3.83. The van der Waals surface area contributed by atoms with Crippen LogP contribution in [0.3, 0.4) is 0 Å². The number of rotatable bonds is 7. The topological polar surface area (TPSA) is 102 Å². The van der Waals surface area contributed by atoms with E-state index in [9.17, 15) is 18.0 Å². The van der Waals surface area contributed by atoms with Crippen LogP contribution < -0.4 is 5.32 Å². The van der Waals surface area contributed by atoms with Crippen LogP contribution in [0.4, 0.5) is 0 Å². The van der Waals surface area contributed by atoms with Crippen molar-refractivity contribution in [2.75, 3.05) is 39.5 Å². The van der Waals surface area contributed by atoms with Crippen molar-refractivity contribution in [3.63, 3.8) is 0 Å². The third-order valence-electron chi connectivity index (χ3n) is 5.68. The molecule has 166 valence electrons. The first kappa shape index (κ1) is 22.7. The highest BCUT2D eigenvalue weighted by atomic mass is 32.2. The van der Waals surface area contributed by atoms with Crippen molar-refractivity contribution in [1.29, 1.82) is 0 Å². The van der Waals surface area contributed by atoms with Crippen molar-refractivity contribution in [2.24, 2.45) is 5.92 Å². The van der Waals surface area contributed by atoms with E-state index in [1.54, 1.807) is 13.0 Å². The zero-order valence-electron chi connectivity index (χ0n) is 17.4. The van der Waals surface area contributed by atoms with Crippen LogP contribution in [0.25, 0.3) is 0 Å². The van der Waals surface area contributed by atoms with E-state index in [0.717, 1.165) is 12.8 Å². The van der Waals surface area contributed by atoms with Gasteiger partial charge in [-0.15, -0.1) is 0 Å². The number of hydrogen-bond donors (Lipinski definition) is 1. The van der Waals surface area contributed by atoms with Crippen LogP contribution in [0.2, 0.25) is 0 Å². The summed E-state index contributed by atoms with van der Waals surface area (Å²) in [6, 6.07) is 4.38. The monoisotopic (exact) mass is 438 g/mol. The minimum atomic E-state index is -3.72. The third-order valence-corrected chi connectivity index (χ3v) is 7.58. The third kappa shape index (κ3) is 5.80. The number of sulfonamides is 1. The molecule has 2 aliphatic rings. The molecule has 0 radical (unpaired) electrons. The molecule has 1 aliphatic heterocycles. The summed E-state index contributed by atoms with van der Waals surface area (Å²) in [6.07, 6.45) is 5.87. The number of morpholine rings is 1. The lowest BCUT2D eigenvalue weighted by Gasteiger charge is -2.26. The number of benzene rings is 1. The van der Waals surface area contributed by atoms with Gasteiger partial charge in [0.2, 0.25) is 10.0 Å². The van der Waals surface area contributed by atoms with Crippen LogP contribution in [-0.2, 0) is 24.3 Å². The van der Waals surface area contributed by atoms with Gasteiger partial charge in [0.05, 0.1) is 23.7 Å². The normalized spacial score (nSPS) is 18.7. The van der Waals surface area contributed by atoms with Gasteiger partial charge >= 0.3 is 5.97 Å². The summed E-state index contributed by atoms with van der Waals surface area (Å²) in [7, 11) is -3.72. The standard InChI is InChI=1S/C21H30N2O6S/c1-16-7-8-18(30(26,27)23-9-11-28-12-10-23)13-19(16)21(25)29-15-20(24)22-14-17-5-3-2-4-6-17/h7-8,13,17H,2-6,9-12,14-15H2,1H3,(H,22,24). The summed E-state index contributed by atoms with van der Waals surface area (Å²) >= 11 is 0. The fourth-order valence-corrected chi connectivity index (χ4v) is 5.26. The molecule has 1 saturated carbocycles. The highest BCUT2D eigenvalue weighted by Gasteiger charge is 2.27. The first-order valence-corrected chi connectivity index (χ1v) is 11.9. The van der Waals surface area contributed by atoms with Crippen molar-refractivity contribution in [1.82, 2.24) is 9.62 Å². The Kier molecular flexibility index (Phi) is 7.85. The van der Waals surface area contributed by atoms with Gasteiger partial charge < -0.3 is 14.8 Å². The Morgan fingerprint density at radius 3 is 2.57 bits per heavy atom. The number of nitrogens with one attached hydrogen (secondary N) is 1. The molecule has 0 atom stereocenters. The number of carbonyl (C=O) groups excluding carboxylic acids is 2. The lowest BCUT2D eigenvalue weighted by Crippen LogP contribution is -2.40. The van der Waals surface area contributed by atoms with Crippen LogP contribution in [0.1, 0.15) is 48.0 Å². The van der Waals surface area contributed by atoms with Gasteiger partial charge in [-0.1, -0.05) is 25.3 Å². The van der Waals surface area contributed by atoms with E-state index in [1.807, 2.05) is 0 Å². The number of aryl methyl sites for hydroxylation is 1. The Labute approximate surface area is 178 Å². The van der Waals surface area contributed by atoms with Gasteiger partial charge in [0.15, 0.2) is 6.61 Å². The van der Waals surface area contributed by atoms with Crippen molar-refractivity contribution in [2.45, 2.75) is 43.9 Å². The quantitative estimate of drug-likeness (QED) is 0.652.